The second-order valence-corrected chi connectivity index (χ2v) is 10.0. The summed E-state index contributed by atoms with van der Waals surface area (Å²) in [6.07, 6.45) is 10.5. The number of likely N-dealkylation sites (tertiary alicyclic amines) is 1. The third-order valence-corrected chi connectivity index (χ3v) is 7.56. The first kappa shape index (κ1) is 22.8. The molecule has 1 saturated carbocycles. The van der Waals surface area contributed by atoms with Crippen molar-refractivity contribution in [2.45, 2.75) is 75.5 Å². The standard InChI is InChI=1S/C24H32N4O3S/c29-21(16-20-23(31)27-24(32-20)28-14-6-3-7-15-28)25-19-12-10-17(11-13-19)22(30)26-18-8-4-1-2-5-9-18/h10-13,18,20H,1-9,14-16H2,(H,25,29)(H,26,30). The molecule has 1 unspecified atom stereocenters. The Balaban J connectivity index is 1.25. The van der Waals surface area contributed by atoms with Gasteiger partial charge < -0.3 is 15.5 Å². The lowest BCUT2D eigenvalue weighted by molar-refractivity contribution is -0.121. The Labute approximate surface area is 193 Å². The summed E-state index contributed by atoms with van der Waals surface area (Å²) in [4.78, 5) is 43.6. The number of nitrogens with one attached hydrogen (secondary N) is 2. The fraction of sp³-hybridized carbons (Fsp3) is 0.583. The van der Waals surface area contributed by atoms with Crippen LogP contribution in [0.25, 0.3) is 0 Å². The predicted octanol–water partition coefficient (Wildman–Crippen LogP) is 3.95. The van der Waals surface area contributed by atoms with Crippen LogP contribution in [0.2, 0.25) is 0 Å². The van der Waals surface area contributed by atoms with Gasteiger partial charge in [-0.3, -0.25) is 14.4 Å². The summed E-state index contributed by atoms with van der Waals surface area (Å²) in [5.74, 6) is -0.511. The lowest BCUT2D eigenvalue weighted by Crippen LogP contribution is -2.34. The van der Waals surface area contributed by atoms with Gasteiger partial charge in [-0.25, -0.2) is 0 Å². The molecule has 32 heavy (non-hydrogen) atoms. The van der Waals surface area contributed by atoms with Gasteiger partial charge in [0.25, 0.3) is 11.8 Å². The van der Waals surface area contributed by atoms with Crippen LogP contribution in [0.4, 0.5) is 5.69 Å². The highest BCUT2D eigenvalue weighted by Gasteiger charge is 2.33. The minimum atomic E-state index is -0.462. The number of amides is 3. The smallest absolute Gasteiger partial charge is 0.262 e. The van der Waals surface area contributed by atoms with Crippen molar-refractivity contribution in [3.8, 4) is 0 Å². The van der Waals surface area contributed by atoms with E-state index in [9.17, 15) is 14.4 Å². The summed E-state index contributed by atoms with van der Waals surface area (Å²) in [5.41, 5.74) is 1.21. The maximum Gasteiger partial charge on any atom is 0.262 e. The molecule has 1 aromatic rings. The minimum Gasteiger partial charge on any atom is -0.351 e. The Morgan fingerprint density at radius 3 is 2.31 bits per heavy atom. The van der Waals surface area contributed by atoms with E-state index in [1.54, 1.807) is 24.3 Å². The monoisotopic (exact) mass is 456 g/mol. The van der Waals surface area contributed by atoms with E-state index in [0.717, 1.165) is 43.9 Å². The van der Waals surface area contributed by atoms with E-state index in [4.69, 9.17) is 0 Å². The highest BCUT2D eigenvalue weighted by Crippen LogP contribution is 2.29. The van der Waals surface area contributed by atoms with E-state index in [0.29, 0.717) is 11.3 Å². The van der Waals surface area contributed by atoms with Crippen LogP contribution in [0.15, 0.2) is 29.3 Å². The highest BCUT2D eigenvalue weighted by atomic mass is 32.2. The van der Waals surface area contributed by atoms with E-state index < -0.39 is 5.25 Å². The fourth-order valence-electron chi connectivity index (χ4n) is 4.51. The number of carbonyl (C=O) groups excluding carboxylic acids is 3. The molecule has 1 saturated heterocycles. The molecule has 7 nitrogen and oxygen atoms in total. The third-order valence-electron chi connectivity index (χ3n) is 6.35. The number of anilines is 1. The van der Waals surface area contributed by atoms with Crippen molar-refractivity contribution < 1.29 is 14.4 Å². The molecule has 0 aromatic heterocycles. The lowest BCUT2D eigenvalue weighted by Gasteiger charge is -2.27. The van der Waals surface area contributed by atoms with Gasteiger partial charge in [-0.1, -0.05) is 37.4 Å². The number of hydrogen-bond acceptors (Lipinski definition) is 5. The zero-order valence-electron chi connectivity index (χ0n) is 18.5. The SMILES string of the molecule is O=C(CC1SC(N2CCCCC2)=NC1=O)Nc1ccc(C(=O)NC2CCCCCC2)cc1. The number of aliphatic imine (C=N–C) groups is 1. The Hall–Kier alpha value is -2.35. The molecule has 8 heteroatoms. The van der Waals surface area contributed by atoms with Gasteiger partial charge in [0.15, 0.2) is 5.17 Å². The van der Waals surface area contributed by atoms with Crippen molar-refractivity contribution in [1.29, 1.82) is 0 Å². The number of nitrogens with zero attached hydrogens (tertiary/aromatic N) is 2. The Kier molecular flexibility index (Phi) is 7.84. The summed E-state index contributed by atoms with van der Waals surface area (Å²) in [6.45, 7) is 1.86. The van der Waals surface area contributed by atoms with Gasteiger partial charge in [0.2, 0.25) is 5.91 Å². The first-order valence-corrected chi connectivity index (χ1v) is 12.7. The molecule has 3 amide bonds. The van der Waals surface area contributed by atoms with Gasteiger partial charge in [0, 0.05) is 36.8 Å². The Morgan fingerprint density at radius 2 is 1.62 bits per heavy atom. The number of benzene rings is 1. The van der Waals surface area contributed by atoms with Gasteiger partial charge >= 0.3 is 0 Å². The van der Waals surface area contributed by atoms with Crippen molar-refractivity contribution in [1.82, 2.24) is 10.2 Å². The molecule has 4 rings (SSSR count). The topological polar surface area (TPSA) is 90.9 Å². The second-order valence-electron chi connectivity index (χ2n) is 8.88. The fourth-order valence-corrected chi connectivity index (χ4v) is 5.62. The van der Waals surface area contributed by atoms with Crippen molar-refractivity contribution in [3.63, 3.8) is 0 Å². The number of thioether (sulfide) groups is 1. The molecule has 0 bridgehead atoms. The maximum absolute atomic E-state index is 12.5. The van der Waals surface area contributed by atoms with Crippen LogP contribution in [0.1, 0.15) is 74.6 Å². The average Bonchev–Trinajstić information content (AvgIpc) is 2.99. The van der Waals surface area contributed by atoms with Gasteiger partial charge in [-0.05, 0) is 56.4 Å². The molecular weight excluding hydrogens is 424 g/mol. The quantitative estimate of drug-likeness (QED) is 0.655. The number of piperidine rings is 1. The maximum atomic E-state index is 12.5. The van der Waals surface area contributed by atoms with Gasteiger partial charge in [0.05, 0.1) is 0 Å². The van der Waals surface area contributed by atoms with E-state index >= 15 is 0 Å². The van der Waals surface area contributed by atoms with Gasteiger partial charge in [-0.2, -0.15) is 4.99 Å². The van der Waals surface area contributed by atoms with E-state index in [-0.39, 0.29) is 30.2 Å². The average molecular weight is 457 g/mol. The van der Waals surface area contributed by atoms with Crippen LogP contribution in [0, 0.1) is 0 Å². The summed E-state index contributed by atoms with van der Waals surface area (Å²) in [7, 11) is 0. The molecule has 1 atom stereocenters. The minimum absolute atomic E-state index is 0.0647. The lowest BCUT2D eigenvalue weighted by atomic mass is 10.1. The predicted molar refractivity (Wildman–Crippen MR) is 128 cm³/mol. The van der Waals surface area contributed by atoms with Crippen molar-refractivity contribution in [2.75, 3.05) is 18.4 Å². The second kappa shape index (κ2) is 11.0. The summed E-state index contributed by atoms with van der Waals surface area (Å²) in [5, 5.41) is 6.27. The molecule has 2 N–H and O–H groups in total. The first-order chi connectivity index (χ1) is 15.6. The molecule has 2 aliphatic heterocycles. The molecule has 1 aromatic carbocycles. The third kappa shape index (κ3) is 6.12. The van der Waals surface area contributed by atoms with Crippen LogP contribution < -0.4 is 10.6 Å². The molecule has 2 fully saturated rings. The van der Waals surface area contributed by atoms with E-state index in [1.165, 1.54) is 43.9 Å². The highest BCUT2D eigenvalue weighted by molar-refractivity contribution is 8.15. The first-order valence-electron chi connectivity index (χ1n) is 11.8. The van der Waals surface area contributed by atoms with Crippen molar-refractivity contribution in [2.24, 2.45) is 4.99 Å². The van der Waals surface area contributed by atoms with Crippen LogP contribution in [0.5, 0.6) is 0 Å². The normalized spacial score (nSPS) is 22.2. The van der Waals surface area contributed by atoms with Crippen LogP contribution in [-0.2, 0) is 9.59 Å². The number of amidine groups is 1. The molecule has 3 aliphatic rings. The van der Waals surface area contributed by atoms with Crippen molar-refractivity contribution >= 4 is 40.3 Å². The van der Waals surface area contributed by atoms with Crippen molar-refractivity contribution in [3.05, 3.63) is 29.8 Å². The zero-order valence-corrected chi connectivity index (χ0v) is 19.3. The Morgan fingerprint density at radius 1 is 0.969 bits per heavy atom. The molecular formula is C24H32N4O3S. The summed E-state index contributed by atoms with van der Waals surface area (Å²) < 4.78 is 0. The molecule has 0 spiro atoms. The zero-order chi connectivity index (χ0) is 22.3. The number of carbonyl (C=O) groups is 3. The number of hydrogen-bond donors (Lipinski definition) is 2. The van der Waals surface area contributed by atoms with Crippen LogP contribution in [0.3, 0.4) is 0 Å². The molecule has 1 aliphatic carbocycles. The summed E-state index contributed by atoms with van der Waals surface area (Å²) >= 11 is 1.40. The number of rotatable bonds is 5. The molecule has 2 heterocycles. The van der Waals surface area contributed by atoms with Crippen LogP contribution >= 0.6 is 11.8 Å². The molecule has 0 radical (unpaired) electrons. The largest absolute Gasteiger partial charge is 0.351 e. The van der Waals surface area contributed by atoms with Gasteiger partial charge in [-0.15, -0.1) is 0 Å². The Bertz CT molecular complexity index is 857. The summed E-state index contributed by atoms with van der Waals surface area (Å²) in [6, 6.07) is 7.18. The van der Waals surface area contributed by atoms with Gasteiger partial charge in [0.1, 0.15) is 5.25 Å². The van der Waals surface area contributed by atoms with Crippen LogP contribution in [-0.4, -0.2) is 52.2 Å². The van der Waals surface area contributed by atoms with E-state index in [1.807, 2.05) is 0 Å². The van der Waals surface area contributed by atoms with E-state index in [2.05, 4.69) is 20.5 Å². The molecule has 172 valence electrons.